The first-order valence-corrected chi connectivity index (χ1v) is 10.0. The molecule has 8 nitrogen and oxygen atoms in total. The van der Waals surface area contributed by atoms with Gasteiger partial charge in [-0.3, -0.25) is 4.79 Å². The fourth-order valence-electron chi connectivity index (χ4n) is 3.36. The van der Waals surface area contributed by atoms with E-state index in [0.29, 0.717) is 21.4 Å². The van der Waals surface area contributed by atoms with Gasteiger partial charge in [-0.1, -0.05) is 24.3 Å². The van der Waals surface area contributed by atoms with E-state index in [-0.39, 0.29) is 34.2 Å². The van der Waals surface area contributed by atoms with Gasteiger partial charge in [0, 0.05) is 10.8 Å². The number of aromatic nitrogens is 1. The lowest BCUT2D eigenvalue weighted by Crippen LogP contribution is -2.14. The number of oxazole rings is 1. The van der Waals surface area contributed by atoms with E-state index >= 15 is 0 Å². The number of aryl methyl sites for hydroxylation is 1. The quantitative estimate of drug-likeness (QED) is 0.352. The molecule has 9 heteroatoms. The molecule has 31 heavy (non-hydrogen) atoms. The standard InChI is InChI=1S/C22H14N2O6S/c1-10-4-2-6-12-17(10)30-21(24-12)20(26)23-13-9-31-19(16(13)22(27)28)15-8-11-5-3-7-14(25)18(11)29-15/h2-9,25H,1H3,(H,23,26)(H,27,28). The molecule has 5 aromatic rings. The number of anilines is 1. The molecule has 2 aromatic carbocycles. The van der Waals surface area contributed by atoms with Crippen molar-refractivity contribution in [2.24, 2.45) is 0 Å². The zero-order valence-corrected chi connectivity index (χ0v) is 16.8. The zero-order chi connectivity index (χ0) is 21.7. The third-order valence-electron chi connectivity index (χ3n) is 4.81. The fraction of sp³-hybridized carbons (Fsp3) is 0.0455. The highest BCUT2D eigenvalue weighted by Gasteiger charge is 2.25. The predicted octanol–water partition coefficient (Wildman–Crippen LogP) is 5.27. The highest BCUT2D eigenvalue weighted by molar-refractivity contribution is 7.14. The summed E-state index contributed by atoms with van der Waals surface area (Å²) in [5.41, 5.74) is 2.11. The molecule has 0 radical (unpaired) electrons. The Bertz CT molecular complexity index is 1490. The van der Waals surface area contributed by atoms with Crippen molar-refractivity contribution in [3.8, 4) is 16.4 Å². The van der Waals surface area contributed by atoms with Gasteiger partial charge in [0.05, 0.1) is 10.6 Å². The second kappa shape index (κ2) is 6.99. The smallest absolute Gasteiger partial charge is 0.339 e. The van der Waals surface area contributed by atoms with Crippen LogP contribution in [0.3, 0.4) is 0 Å². The minimum atomic E-state index is -1.23. The summed E-state index contributed by atoms with van der Waals surface area (Å²) in [6.07, 6.45) is 0. The first kappa shape index (κ1) is 18.9. The molecule has 0 aliphatic carbocycles. The molecule has 0 unspecified atom stereocenters. The molecule has 3 aromatic heterocycles. The number of phenols is 1. The number of phenolic OH excluding ortho intramolecular Hbond substituents is 1. The number of para-hydroxylation sites is 2. The van der Waals surface area contributed by atoms with Crippen LogP contribution in [0.5, 0.6) is 5.75 Å². The molecule has 0 aliphatic heterocycles. The first-order valence-electron chi connectivity index (χ1n) is 9.16. The highest BCUT2D eigenvalue weighted by Crippen LogP contribution is 2.40. The number of carbonyl (C=O) groups is 2. The number of aromatic carboxylic acids is 1. The third-order valence-corrected chi connectivity index (χ3v) is 5.80. The Balaban J connectivity index is 1.53. The second-order valence-corrected chi connectivity index (χ2v) is 7.74. The van der Waals surface area contributed by atoms with Crippen molar-refractivity contribution in [1.82, 2.24) is 4.98 Å². The van der Waals surface area contributed by atoms with E-state index in [0.717, 1.165) is 16.9 Å². The maximum atomic E-state index is 12.7. The van der Waals surface area contributed by atoms with Crippen molar-refractivity contribution >= 4 is 51.0 Å². The average Bonchev–Trinajstić information content (AvgIpc) is 3.44. The van der Waals surface area contributed by atoms with Crippen LogP contribution in [0.15, 0.2) is 56.7 Å². The topological polar surface area (TPSA) is 126 Å². The van der Waals surface area contributed by atoms with Crippen LogP contribution in [-0.2, 0) is 0 Å². The van der Waals surface area contributed by atoms with Crippen LogP contribution in [0.1, 0.15) is 26.6 Å². The second-order valence-electron chi connectivity index (χ2n) is 6.86. The molecule has 0 saturated heterocycles. The van der Waals surface area contributed by atoms with E-state index in [1.165, 1.54) is 11.4 Å². The lowest BCUT2D eigenvalue weighted by atomic mass is 10.2. The normalized spacial score (nSPS) is 11.3. The number of nitrogens with one attached hydrogen (secondary N) is 1. The maximum absolute atomic E-state index is 12.7. The summed E-state index contributed by atoms with van der Waals surface area (Å²) in [5, 5.41) is 24.5. The largest absolute Gasteiger partial charge is 0.504 e. The fourth-order valence-corrected chi connectivity index (χ4v) is 4.31. The van der Waals surface area contributed by atoms with Crippen LogP contribution in [0.4, 0.5) is 5.69 Å². The van der Waals surface area contributed by atoms with Crippen molar-refractivity contribution in [3.63, 3.8) is 0 Å². The Kier molecular flexibility index (Phi) is 4.26. The zero-order valence-electron chi connectivity index (χ0n) is 16.0. The van der Waals surface area contributed by atoms with Gasteiger partial charge >= 0.3 is 11.9 Å². The van der Waals surface area contributed by atoms with E-state index in [4.69, 9.17) is 8.83 Å². The van der Waals surface area contributed by atoms with Crippen molar-refractivity contribution < 1.29 is 28.6 Å². The van der Waals surface area contributed by atoms with Gasteiger partial charge in [-0.05, 0) is 30.7 Å². The number of rotatable bonds is 4. The molecule has 0 bridgehead atoms. The maximum Gasteiger partial charge on any atom is 0.339 e. The average molecular weight is 434 g/mol. The molecule has 154 valence electrons. The van der Waals surface area contributed by atoms with Crippen LogP contribution in [0, 0.1) is 6.92 Å². The molecular formula is C22H14N2O6S. The minimum absolute atomic E-state index is 0.0445. The molecule has 0 fully saturated rings. The van der Waals surface area contributed by atoms with Gasteiger partial charge in [-0.25, -0.2) is 9.78 Å². The third kappa shape index (κ3) is 3.11. The van der Waals surface area contributed by atoms with E-state index in [9.17, 15) is 19.8 Å². The van der Waals surface area contributed by atoms with E-state index < -0.39 is 11.9 Å². The van der Waals surface area contributed by atoms with Crippen molar-refractivity contribution in [1.29, 1.82) is 0 Å². The monoisotopic (exact) mass is 434 g/mol. The van der Waals surface area contributed by atoms with Crippen molar-refractivity contribution in [3.05, 3.63) is 64.9 Å². The number of benzene rings is 2. The Hall–Kier alpha value is -4.11. The lowest BCUT2D eigenvalue weighted by Gasteiger charge is -2.03. The molecule has 5 rings (SSSR count). The summed E-state index contributed by atoms with van der Waals surface area (Å²) in [7, 11) is 0. The minimum Gasteiger partial charge on any atom is -0.504 e. The van der Waals surface area contributed by atoms with Crippen LogP contribution >= 0.6 is 11.3 Å². The van der Waals surface area contributed by atoms with E-state index in [2.05, 4.69) is 10.3 Å². The van der Waals surface area contributed by atoms with Crippen LogP contribution in [-0.4, -0.2) is 27.1 Å². The van der Waals surface area contributed by atoms with Crippen LogP contribution in [0.25, 0.3) is 32.7 Å². The summed E-state index contributed by atoms with van der Waals surface area (Å²) in [5.74, 6) is -1.83. The van der Waals surface area contributed by atoms with Gasteiger partial charge in [-0.15, -0.1) is 11.3 Å². The predicted molar refractivity (Wildman–Crippen MR) is 115 cm³/mol. The highest BCUT2D eigenvalue weighted by atomic mass is 32.1. The molecule has 0 spiro atoms. The number of fused-ring (bicyclic) bond motifs is 2. The first-order chi connectivity index (χ1) is 14.9. The van der Waals surface area contributed by atoms with E-state index in [1.807, 2.05) is 13.0 Å². The van der Waals surface area contributed by atoms with Gasteiger partial charge in [-0.2, -0.15) is 0 Å². The molecular weight excluding hydrogens is 420 g/mol. The van der Waals surface area contributed by atoms with Gasteiger partial charge in [0.25, 0.3) is 5.89 Å². The summed E-state index contributed by atoms with van der Waals surface area (Å²) in [6, 6.07) is 11.9. The summed E-state index contributed by atoms with van der Waals surface area (Å²) < 4.78 is 11.2. The number of carboxylic acids is 1. The number of carboxylic acid groups (broad SMARTS) is 1. The number of furan rings is 1. The Morgan fingerprint density at radius 3 is 2.65 bits per heavy atom. The summed E-state index contributed by atoms with van der Waals surface area (Å²) >= 11 is 1.10. The number of aromatic hydroxyl groups is 1. The Labute approximate surface area is 178 Å². The number of nitrogens with zero attached hydrogens (tertiary/aromatic N) is 1. The molecule has 1 amide bonds. The van der Waals surface area contributed by atoms with Gasteiger partial charge in [0.15, 0.2) is 16.9 Å². The number of hydrogen-bond acceptors (Lipinski definition) is 7. The van der Waals surface area contributed by atoms with Gasteiger partial charge < -0.3 is 24.4 Å². The van der Waals surface area contributed by atoms with Crippen LogP contribution < -0.4 is 5.32 Å². The summed E-state index contributed by atoms with van der Waals surface area (Å²) in [4.78, 5) is 29.2. The molecule has 0 aliphatic rings. The van der Waals surface area contributed by atoms with Gasteiger partial charge in [0.1, 0.15) is 16.8 Å². The summed E-state index contributed by atoms with van der Waals surface area (Å²) in [6.45, 7) is 1.84. The molecule has 3 N–H and O–H groups in total. The Morgan fingerprint density at radius 1 is 1.10 bits per heavy atom. The SMILES string of the molecule is Cc1cccc2nc(C(=O)Nc3csc(-c4cc5cccc(O)c5o4)c3C(=O)O)oc12. The molecule has 0 saturated carbocycles. The van der Waals surface area contributed by atoms with Crippen molar-refractivity contribution in [2.75, 3.05) is 5.32 Å². The number of hydrogen-bond donors (Lipinski definition) is 3. The molecule has 0 atom stereocenters. The molecule has 3 heterocycles. The van der Waals surface area contributed by atoms with Crippen LogP contribution in [0.2, 0.25) is 0 Å². The van der Waals surface area contributed by atoms with Gasteiger partial charge in [0.2, 0.25) is 0 Å². The number of carbonyl (C=O) groups excluding carboxylic acids is 1. The number of amides is 1. The number of thiophene rings is 1. The Morgan fingerprint density at radius 2 is 1.90 bits per heavy atom. The van der Waals surface area contributed by atoms with E-state index in [1.54, 1.807) is 30.3 Å². The van der Waals surface area contributed by atoms with Crippen molar-refractivity contribution in [2.45, 2.75) is 6.92 Å². The lowest BCUT2D eigenvalue weighted by molar-refractivity contribution is 0.0699.